The van der Waals surface area contributed by atoms with E-state index in [1.807, 2.05) is 24.3 Å². The lowest BCUT2D eigenvalue weighted by Crippen LogP contribution is -2.42. The molecule has 0 spiro atoms. The zero-order valence-electron chi connectivity index (χ0n) is 19.4. The van der Waals surface area contributed by atoms with Crippen LogP contribution in [0.15, 0.2) is 71.1 Å². The highest BCUT2D eigenvalue weighted by atomic mass is 19.1. The molecule has 0 radical (unpaired) electrons. The van der Waals surface area contributed by atoms with Gasteiger partial charge in [-0.2, -0.15) is 0 Å². The first kappa shape index (κ1) is 22.5. The predicted octanol–water partition coefficient (Wildman–Crippen LogP) is 6.73. The van der Waals surface area contributed by atoms with Crippen LogP contribution in [0.2, 0.25) is 0 Å². The van der Waals surface area contributed by atoms with E-state index in [4.69, 9.17) is 9.15 Å². The highest BCUT2D eigenvalue weighted by Crippen LogP contribution is 2.28. The van der Waals surface area contributed by atoms with Crippen LogP contribution in [-0.2, 0) is 10.2 Å². The second kappa shape index (κ2) is 8.35. The number of oxazole rings is 1. The highest BCUT2D eigenvalue weighted by Gasteiger charge is 2.30. The molecule has 33 heavy (non-hydrogen) atoms. The van der Waals surface area contributed by atoms with Gasteiger partial charge in [-0.15, -0.1) is 0 Å². The molecule has 0 saturated heterocycles. The van der Waals surface area contributed by atoms with Gasteiger partial charge in [-0.05, 0) is 79.4 Å². The molecule has 4 rings (SSSR count). The zero-order valence-corrected chi connectivity index (χ0v) is 19.4. The molecule has 0 aliphatic rings. The second-order valence-corrected chi connectivity index (χ2v) is 9.55. The lowest BCUT2D eigenvalue weighted by Gasteiger charge is -2.26. The first-order valence-corrected chi connectivity index (χ1v) is 10.8. The summed E-state index contributed by atoms with van der Waals surface area (Å²) in [4.78, 5) is 17.4. The summed E-state index contributed by atoms with van der Waals surface area (Å²) in [5.41, 5.74) is 2.54. The number of carbonyl (C=O) groups excluding carboxylic acids is 1. The average molecular weight is 447 g/mol. The Hall–Kier alpha value is -3.67. The zero-order chi connectivity index (χ0) is 23.8. The summed E-state index contributed by atoms with van der Waals surface area (Å²) in [6, 6.07) is 18.9. The number of anilines is 1. The number of carbonyl (C=O) groups is 1. The number of rotatable bonds is 5. The fourth-order valence-corrected chi connectivity index (χ4v) is 3.37. The molecule has 0 unspecified atom stereocenters. The van der Waals surface area contributed by atoms with Crippen LogP contribution < -0.4 is 10.1 Å². The van der Waals surface area contributed by atoms with Crippen molar-refractivity contribution in [2.75, 3.05) is 5.32 Å². The monoisotopic (exact) mass is 446 g/mol. The quantitative estimate of drug-likeness (QED) is 0.369. The van der Waals surface area contributed by atoms with Gasteiger partial charge in [0.1, 0.15) is 17.1 Å². The number of benzene rings is 3. The van der Waals surface area contributed by atoms with Gasteiger partial charge < -0.3 is 14.5 Å². The summed E-state index contributed by atoms with van der Waals surface area (Å²) < 4.78 is 24.9. The van der Waals surface area contributed by atoms with Gasteiger partial charge in [0.25, 0.3) is 5.91 Å². The predicted molar refractivity (Wildman–Crippen MR) is 128 cm³/mol. The molecule has 6 heteroatoms. The van der Waals surface area contributed by atoms with Gasteiger partial charge in [0.05, 0.1) is 0 Å². The summed E-state index contributed by atoms with van der Waals surface area (Å²) in [7, 11) is 0. The fraction of sp³-hybridized carbons (Fsp3) is 0.259. The minimum Gasteiger partial charge on any atom is -0.478 e. The van der Waals surface area contributed by atoms with Gasteiger partial charge in [-0.3, -0.25) is 4.79 Å². The van der Waals surface area contributed by atoms with Crippen LogP contribution in [0.25, 0.3) is 22.6 Å². The van der Waals surface area contributed by atoms with E-state index in [1.165, 1.54) is 17.7 Å². The third-order valence-electron chi connectivity index (χ3n) is 5.38. The summed E-state index contributed by atoms with van der Waals surface area (Å²) in [6.45, 7) is 9.89. The fourth-order valence-electron chi connectivity index (χ4n) is 3.37. The third-order valence-corrected chi connectivity index (χ3v) is 5.38. The molecule has 1 heterocycles. The molecule has 5 nitrogen and oxygen atoms in total. The molecule has 1 amide bonds. The number of ether oxygens (including phenoxy) is 1. The molecule has 0 bridgehead atoms. The molecule has 0 saturated carbocycles. The number of halogens is 1. The summed E-state index contributed by atoms with van der Waals surface area (Å²) in [5, 5.41) is 2.89. The highest BCUT2D eigenvalue weighted by molar-refractivity contribution is 5.98. The molecule has 0 aliphatic heterocycles. The average Bonchev–Trinajstić information content (AvgIpc) is 3.17. The minimum absolute atomic E-state index is 0.0434. The molecule has 0 fully saturated rings. The topological polar surface area (TPSA) is 64.4 Å². The minimum atomic E-state index is -1.10. The normalized spacial score (nSPS) is 12.1. The summed E-state index contributed by atoms with van der Waals surface area (Å²) in [6.07, 6.45) is 0. The van der Waals surface area contributed by atoms with Crippen LogP contribution in [0.4, 0.5) is 10.1 Å². The van der Waals surface area contributed by atoms with Gasteiger partial charge >= 0.3 is 0 Å². The Balaban J connectivity index is 1.48. The SMILES string of the molecule is CC(C)(Oc1ccc(C(C)(C)C)cc1)C(=O)Nc1ccc2oc(-c3ccc(F)cc3)nc2c1. The van der Waals surface area contributed by atoms with Gasteiger partial charge in [0, 0.05) is 11.3 Å². The number of aromatic nitrogens is 1. The van der Waals surface area contributed by atoms with Crippen molar-refractivity contribution in [3.8, 4) is 17.2 Å². The maximum atomic E-state index is 13.2. The van der Waals surface area contributed by atoms with Crippen molar-refractivity contribution in [2.24, 2.45) is 0 Å². The molecular weight excluding hydrogens is 419 g/mol. The molecule has 0 atom stereocenters. The Morgan fingerprint density at radius 2 is 1.61 bits per heavy atom. The van der Waals surface area contributed by atoms with E-state index in [9.17, 15) is 9.18 Å². The van der Waals surface area contributed by atoms with Crippen molar-refractivity contribution < 1.29 is 18.3 Å². The standard InChI is InChI=1S/C27H27FN2O3/c1-26(2,3)18-8-13-21(14-9-18)33-27(4,5)25(31)29-20-12-15-23-22(16-20)30-24(32-23)17-6-10-19(28)11-7-17/h6-16H,1-5H3,(H,29,31). The second-order valence-electron chi connectivity index (χ2n) is 9.55. The molecule has 170 valence electrons. The molecule has 0 aliphatic carbocycles. The first-order valence-electron chi connectivity index (χ1n) is 10.8. The largest absolute Gasteiger partial charge is 0.478 e. The van der Waals surface area contributed by atoms with Crippen LogP contribution in [0.5, 0.6) is 5.75 Å². The number of nitrogens with zero attached hydrogens (tertiary/aromatic N) is 1. The van der Waals surface area contributed by atoms with Crippen LogP contribution in [-0.4, -0.2) is 16.5 Å². The van der Waals surface area contributed by atoms with Gasteiger partial charge in [-0.1, -0.05) is 32.9 Å². The number of hydrogen-bond acceptors (Lipinski definition) is 4. The van der Waals surface area contributed by atoms with E-state index < -0.39 is 5.60 Å². The van der Waals surface area contributed by atoms with Crippen molar-refractivity contribution in [2.45, 2.75) is 45.6 Å². The Labute approximate surface area is 192 Å². The number of fused-ring (bicyclic) bond motifs is 1. The van der Waals surface area contributed by atoms with Gasteiger partial charge in [0.2, 0.25) is 5.89 Å². The molecular formula is C27H27FN2O3. The summed E-state index contributed by atoms with van der Waals surface area (Å²) >= 11 is 0. The molecule has 1 N–H and O–H groups in total. The van der Waals surface area contributed by atoms with Gasteiger partial charge in [-0.25, -0.2) is 9.37 Å². The van der Waals surface area contributed by atoms with E-state index in [2.05, 4.69) is 31.1 Å². The third kappa shape index (κ3) is 5.06. The maximum absolute atomic E-state index is 13.2. The van der Waals surface area contributed by atoms with E-state index in [0.29, 0.717) is 34.0 Å². The van der Waals surface area contributed by atoms with Crippen LogP contribution >= 0.6 is 0 Å². The number of nitrogens with one attached hydrogen (secondary N) is 1. The van der Waals surface area contributed by atoms with Crippen LogP contribution in [0.3, 0.4) is 0 Å². The van der Waals surface area contributed by atoms with E-state index in [1.54, 1.807) is 44.2 Å². The summed E-state index contributed by atoms with van der Waals surface area (Å²) in [5.74, 6) is 0.397. The smallest absolute Gasteiger partial charge is 0.267 e. The van der Waals surface area contributed by atoms with Crippen molar-refractivity contribution in [1.82, 2.24) is 4.98 Å². The van der Waals surface area contributed by atoms with Gasteiger partial charge in [0.15, 0.2) is 11.2 Å². The van der Waals surface area contributed by atoms with E-state index in [-0.39, 0.29) is 17.1 Å². The lowest BCUT2D eigenvalue weighted by molar-refractivity contribution is -0.128. The van der Waals surface area contributed by atoms with Crippen LogP contribution in [0.1, 0.15) is 40.2 Å². The van der Waals surface area contributed by atoms with E-state index in [0.717, 1.165) is 0 Å². The van der Waals surface area contributed by atoms with E-state index >= 15 is 0 Å². The van der Waals surface area contributed by atoms with Crippen LogP contribution in [0, 0.1) is 5.82 Å². The molecule has 1 aromatic heterocycles. The first-order chi connectivity index (χ1) is 15.5. The van der Waals surface area contributed by atoms with Crippen molar-refractivity contribution in [1.29, 1.82) is 0 Å². The Bertz CT molecular complexity index is 1280. The van der Waals surface area contributed by atoms with Crippen molar-refractivity contribution in [3.63, 3.8) is 0 Å². The Morgan fingerprint density at radius 3 is 2.24 bits per heavy atom. The molecule has 4 aromatic rings. The molecule has 3 aromatic carbocycles. The number of amides is 1. The van der Waals surface area contributed by atoms with Crippen molar-refractivity contribution in [3.05, 3.63) is 78.1 Å². The van der Waals surface area contributed by atoms with Crippen molar-refractivity contribution >= 4 is 22.7 Å². The lowest BCUT2D eigenvalue weighted by atomic mass is 9.87. The maximum Gasteiger partial charge on any atom is 0.267 e. The number of hydrogen-bond donors (Lipinski definition) is 1. The Kier molecular flexibility index (Phi) is 5.70. The Morgan fingerprint density at radius 1 is 0.939 bits per heavy atom.